The van der Waals surface area contributed by atoms with Gasteiger partial charge in [0.25, 0.3) is 0 Å². The highest BCUT2D eigenvalue weighted by Crippen LogP contribution is 2.17. The molecule has 0 radical (unpaired) electrons. The van der Waals surface area contributed by atoms with E-state index in [-0.39, 0.29) is 11.9 Å². The zero-order chi connectivity index (χ0) is 12.0. The number of hydrogen-bond acceptors (Lipinski definition) is 5. The van der Waals surface area contributed by atoms with Crippen LogP contribution in [-0.2, 0) is 4.79 Å². The molecule has 0 aromatic carbocycles. The Balaban J connectivity index is 2.21. The number of rotatable bonds is 6. The molecule has 0 saturated heterocycles. The summed E-state index contributed by atoms with van der Waals surface area (Å²) in [5, 5.41) is 6.19. The standard InChI is InChI=1S/C9H15ClN4OS/c1-3-6(2)12-7(15)4-5-11-9-8(10)13-16-14-9/h6H,3-5H2,1-2H3,(H,11,14)(H,12,15). The van der Waals surface area contributed by atoms with Crippen LogP contribution in [0.4, 0.5) is 5.82 Å². The average molecular weight is 263 g/mol. The van der Waals surface area contributed by atoms with Gasteiger partial charge in [-0.1, -0.05) is 18.5 Å². The van der Waals surface area contributed by atoms with Gasteiger partial charge in [0.15, 0.2) is 11.0 Å². The average Bonchev–Trinajstić information content (AvgIpc) is 2.64. The Morgan fingerprint density at radius 1 is 1.56 bits per heavy atom. The Hall–Kier alpha value is -0.880. The van der Waals surface area contributed by atoms with Gasteiger partial charge in [-0.25, -0.2) is 0 Å². The molecule has 0 aliphatic carbocycles. The van der Waals surface area contributed by atoms with E-state index in [4.69, 9.17) is 11.6 Å². The van der Waals surface area contributed by atoms with Crippen molar-refractivity contribution < 1.29 is 4.79 Å². The molecule has 1 aromatic rings. The smallest absolute Gasteiger partial charge is 0.221 e. The first-order valence-corrected chi connectivity index (χ1v) is 6.25. The number of carbonyl (C=O) groups is 1. The van der Waals surface area contributed by atoms with Crippen LogP contribution in [0, 0.1) is 0 Å². The molecule has 2 N–H and O–H groups in total. The number of hydrogen-bond donors (Lipinski definition) is 2. The first-order valence-electron chi connectivity index (χ1n) is 5.14. The van der Waals surface area contributed by atoms with Crippen molar-refractivity contribution in [3.63, 3.8) is 0 Å². The molecule has 7 heteroatoms. The molecule has 0 aliphatic heterocycles. The number of amides is 1. The molecule has 0 bridgehead atoms. The first kappa shape index (κ1) is 13.2. The Morgan fingerprint density at radius 3 is 2.88 bits per heavy atom. The molecular formula is C9H15ClN4OS. The van der Waals surface area contributed by atoms with E-state index in [1.165, 1.54) is 0 Å². The predicted molar refractivity (Wildman–Crippen MR) is 65.9 cm³/mol. The molecule has 0 spiro atoms. The maximum Gasteiger partial charge on any atom is 0.221 e. The summed E-state index contributed by atoms with van der Waals surface area (Å²) < 4.78 is 7.75. The largest absolute Gasteiger partial charge is 0.366 e. The third-order valence-corrected chi connectivity index (χ3v) is 3.00. The Kier molecular flexibility index (Phi) is 5.48. The highest BCUT2D eigenvalue weighted by molar-refractivity contribution is 6.99. The predicted octanol–water partition coefficient (Wildman–Crippen LogP) is 1.91. The Labute approximate surface area is 104 Å². The second-order valence-electron chi connectivity index (χ2n) is 3.46. The number of aromatic nitrogens is 2. The van der Waals surface area contributed by atoms with Crippen LogP contribution in [-0.4, -0.2) is 27.2 Å². The van der Waals surface area contributed by atoms with E-state index >= 15 is 0 Å². The first-order chi connectivity index (χ1) is 7.63. The minimum Gasteiger partial charge on any atom is -0.366 e. The van der Waals surface area contributed by atoms with E-state index in [1.807, 2.05) is 13.8 Å². The van der Waals surface area contributed by atoms with Gasteiger partial charge in [0.2, 0.25) is 5.91 Å². The van der Waals surface area contributed by atoms with Crippen LogP contribution in [0.25, 0.3) is 0 Å². The summed E-state index contributed by atoms with van der Waals surface area (Å²) in [7, 11) is 0. The van der Waals surface area contributed by atoms with Gasteiger partial charge in [-0.2, -0.15) is 8.75 Å². The maximum absolute atomic E-state index is 11.4. The van der Waals surface area contributed by atoms with E-state index in [0.29, 0.717) is 23.9 Å². The summed E-state index contributed by atoms with van der Waals surface area (Å²) in [6.45, 7) is 4.52. The molecule has 1 amide bonds. The zero-order valence-electron chi connectivity index (χ0n) is 9.29. The van der Waals surface area contributed by atoms with Crippen molar-refractivity contribution in [2.24, 2.45) is 0 Å². The maximum atomic E-state index is 11.4. The number of halogens is 1. The van der Waals surface area contributed by atoms with Gasteiger partial charge in [0.05, 0.1) is 11.7 Å². The third-order valence-electron chi connectivity index (χ3n) is 2.11. The molecule has 16 heavy (non-hydrogen) atoms. The molecule has 1 atom stereocenters. The summed E-state index contributed by atoms with van der Waals surface area (Å²) in [5.74, 6) is 0.573. The van der Waals surface area contributed by atoms with E-state index in [2.05, 4.69) is 19.4 Å². The molecule has 0 saturated carbocycles. The van der Waals surface area contributed by atoms with E-state index in [9.17, 15) is 4.79 Å². The summed E-state index contributed by atoms with van der Waals surface area (Å²) in [6, 6.07) is 0.219. The van der Waals surface area contributed by atoms with Crippen LogP contribution >= 0.6 is 23.3 Å². The van der Waals surface area contributed by atoms with Crippen LogP contribution in [0.3, 0.4) is 0 Å². The number of anilines is 1. The fraction of sp³-hybridized carbons (Fsp3) is 0.667. The molecular weight excluding hydrogens is 248 g/mol. The van der Waals surface area contributed by atoms with Crippen molar-refractivity contribution in [1.82, 2.24) is 14.1 Å². The van der Waals surface area contributed by atoms with Gasteiger partial charge in [0.1, 0.15) is 0 Å². The minimum absolute atomic E-state index is 0.0289. The van der Waals surface area contributed by atoms with Gasteiger partial charge in [-0.05, 0) is 13.3 Å². The summed E-state index contributed by atoms with van der Waals surface area (Å²) in [4.78, 5) is 11.4. The van der Waals surface area contributed by atoms with Crippen molar-refractivity contribution in [3.05, 3.63) is 5.15 Å². The molecule has 0 aliphatic rings. The Morgan fingerprint density at radius 2 is 2.31 bits per heavy atom. The second kappa shape index (κ2) is 6.65. The van der Waals surface area contributed by atoms with Crippen molar-refractivity contribution in [2.45, 2.75) is 32.7 Å². The van der Waals surface area contributed by atoms with Gasteiger partial charge >= 0.3 is 0 Å². The van der Waals surface area contributed by atoms with Gasteiger partial charge in [-0.3, -0.25) is 4.79 Å². The lowest BCUT2D eigenvalue weighted by Crippen LogP contribution is -2.32. The Bertz CT molecular complexity index is 344. The molecule has 1 aromatic heterocycles. The van der Waals surface area contributed by atoms with E-state index in [1.54, 1.807) is 0 Å². The van der Waals surface area contributed by atoms with Crippen molar-refractivity contribution in [3.8, 4) is 0 Å². The molecule has 0 fully saturated rings. The normalized spacial score (nSPS) is 12.2. The summed E-state index contributed by atoms with van der Waals surface area (Å²) in [6.07, 6.45) is 1.33. The molecule has 1 heterocycles. The van der Waals surface area contributed by atoms with Crippen LogP contribution in [0.2, 0.25) is 5.15 Å². The van der Waals surface area contributed by atoms with Crippen LogP contribution in [0.5, 0.6) is 0 Å². The molecule has 1 rings (SSSR count). The lowest BCUT2D eigenvalue weighted by atomic mass is 10.2. The SMILES string of the molecule is CCC(C)NC(=O)CCNc1nsnc1Cl. The van der Waals surface area contributed by atoms with Crippen LogP contribution in [0.15, 0.2) is 0 Å². The monoisotopic (exact) mass is 262 g/mol. The summed E-state index contributed by atoms with van der Waals surface area (Å²) in [5.41, 5.74) is 0. The molecule has 1 unspecified atom stereocenters. The highest BCUT2D eigenvalue weighted by Gasteiger charge is 2.07. The quantitative estimate of drug-likeness (QED) is 0.822. The van der Waals surface area contributed by atoms with E-state index < -0.39 is 0 Å². The fourth-order valence-corrected chi connectivity index (χ4v) is 1.71. The van der Waals surface area contributed by atoms with Crippen molar-refractivity contribution in [2.75, 3.05) is 11.9 Å². The highest BCUT2D eigenvalue weighted by atomic mass is 35.5. The van der Waals surface area contributed by atoms with Gasteiger partial charge < -0.3 is 10.6 Å². The number of nitrogens with one attached hydrogen (secondary N) is 2. The topological polar surface area (TPSA) is 66.9 Å². The van der Waals surface area contributed by atoms with Crippen molar-refractivity contribution in [1.29, 1.82) is 0 Å². The van der Waals surface area contributed by atoms with Crippen LogP contribution < -0.4 is 10.6 Å². The second-order valence-corrected chi connectivity index (χ2v) is 4.34. The lowest BCUT2D eigenvalue weighted by Gasteiger charge is -2.11. The number of nitrogens with zero attached hydrogens (tertiary/aromatic N) is 2. The van der Waals surface area contributed by atoms with E-state index in [0.717, 1.165) is 18.1 Å². The zero-order valence-corrected chi connectivity index (χ0v) is 10.9. The number of carbonyl (C=O) groups excluding carboxylic acids is 1. The fourth-order valence-electron chi connectivity index (χ4n) is 1.03. The third kappa shape index (κ3) is 4.32. The molecule has 90 valence electrons. The van der Waals surface area contributed by atoms with Crippen molar-refractivity contribution >= 4 is 35.1 Å². The van der Waals surface area contributed by atoms with Crippen LogP contribution in [0.1, 0.15) is 26.7 Å². The van der Waals surface area contributed by atoms with Gasteiger partial charge in [0, 0.05) is 19.0 Å². The van der Waals surface area contributed by atoms with Gasteiger partial charge in [-0.15, -0.1) is 0 Å². The summed E-state index contributed by atoms with van der Waals surface area (Å²) >= 11 is 6.78. The lowest BCUT2D eigenvalue weighted by molar-refractivity contribution is -0.121. The molecule has 5 nitrogen and oxygen atoms in total. The minimum atomic E-state index is 0.0289.